The summed E-state index contributed by atoms with van der Waals surface area (Å²) in [6.45, 7) is -0.504. The fourth-order valence-corrected chi connectivity index (χ4v) is 1.71. The summed E-state index contributed by atoms with van der Waals surface area (Å²) in [6, 6.07) is 7.00. The summed E-state index contributed by atoms with van der Waals surface area (Å²) in [6.07, 6.45) is -4.32. The highest BCUT2D eigenvalue weighted by Crippen LogP contribution is 2.14. The lowest BCUT2D eigenvalue weighted by molar-refractivity contribution is -0.174. The van der Waals surface area contributed by atoms with Crippen molar-refractivity contribution in [3.05, 3.63) is 34.9 Å². The van der Waals surface area contributed by atoms with Gasteiger partial charge >= 0.3 is 6.18 Å². The molecule has 1 N–H and O–H groups in total. The maximum atomic E-state index is 11.9. The first kappa shape index (κ1) is 18.8. The second-order valence-corrected chi connectivity index (χ2v) is 4.91. The third-order valence-electron chi connectivity index (χ3n) is 2.61. The average molecular weight is 336 g/mol. The largest absolute Gasteiger partial charge is 0.411 e. The molecule has 1 aromatic rings. The van der Waals surface area contributed by atoms with Crippen molar-refractivity contribution in [1.29, 1.82) is 0 Å². The van der Waals surface area contributed by atoms with Gasteiger partial charge in [-0.15, -0.1) is 0 Å². The predicted octanol–water partition coefficient (Wildman–Crippen LogP) is 2.56. The monoisotopic (exact) mass is 335 g/mol. The average Bonchev–Trinajstić information content (AvgIpc) is 2.44. The number of hydrogen-bond acceptors (Lipinski definition) is 3. The normalized spacial score (nSPS) is 11.4. The zero-order chi connectivity index (χ0) is 16.4. The number of rotatable bonds is 7. The Balaban J connectivity index is 2.39. The number of aliphatic hydroxyl groups is 1. The Morgan fingerprint density at radius 1 is 1.18 bits per heavy atom. The summed E-state index contributed by atoms with van der Waals surface area (Å²) < 4.78 is 40.4. The van der Waals surface area contributed by atoms with Crippen molar-refractivity contribution in [3.8, 4) is 11.8 Å². The van der Waals surface area contributed by atoms with E-state index in [-0.39, 0.29) is 19.8 Å². The van der Waals surface area contributed by atoms with Crippen LogP contribution in [0.1, 0.15) is 5.56 Å². The molecule has 0 spiro atoms. The van der Waals surface area contributed by atoms with Crippen LogP contribution in [0.3, 0.4) is 0 Å². The van der Waals surface area contributed by atoms with Crippen LogP contribution in [0.5, 0.6) is 0 Å². The van der Waals surface area contributed by atoms with Gasteiger partial charge in [-0.3, -0.25) is 4.90 Å². The molecular weight excluding hydrogens is 319 g/mol. The molecule has 122 valence electrons. The van der Waals surface area contributed by atoms with Crippen molar-refractivity contribution in [2.45, 2.75) is 6.18 Å². The minimum Gasteiger partial charge on any atom is -0.395 e. The fourth-order valence-electron chi connectivity index (χ4n) is 1.58. The van der Waals surface area contributed by atoms with Crippen LogP contribution in [0.15, 0.2) is 24.3 Å². The summed E-state index contributed by atoms with van der Waals surface area (Å²) in [5.74, 6) is 5.83. The van der Waals surface area contributed by atoms with Gasteiger partial charge < -0.3 is 9.84 Å². The van der Waals surface area contributed by atoms with Crippen LogP contribution in [0, 0.1) is 11.8 Å². The van der Waals surface area contributed by atoms with Crippen LogP contribution in [-0.4, -0.2) is 55.6 Å². The van der Waals surface area contributed by atoms with Crippen molar-refractivity contribution >= 4 is 11.6 Å². The molecule has 0 saturated heterocycles. The Kier molecular flexibility index (Phi) is 8.28. The third kappa shape index (κ3) is 8.90. The summed E-state index contributed by atoms with van der Waals surface area (Å²) in [5.41, 5.74) is 0.793. The standard InChI is InChI=1S/C15H17ClF3NO2/c16-14-5-3-13(4-6-14)2-1-7-20(8-10-21)9-11-22-12-15(17,18)19/h3-6,21H,7-12H2. The Morgan fingerprint density at radius 3 is 2.45 bits per heavy atom. The van der Waals surface area contributed by atoms with E-state index < -0.39 is 12.8 Å². The van der Waals surface area contributed by atoms with E-state index in [4.69, 9.17) is 16.7 Å². The van der Waals surface area contributed by atoms with Gasteiger partial charge in [0, 0.05) is 23.7 Å². The van der Waals surface area contributed by atoms with Gasteiger partial charge in [-0.2, -0.15) is 13.2 Å². The zero-order valence-electron chi connectivity index (χ0n) is 11.9. The smallest absolute Gasteiger partial charge is 0.395 e. The lowest BCUT2D eigenvalue weighted by Gasteiger charge is -2.18. The Morgan fingerprint density at radius 2 is 1.86 bits per heavy atom. The lowest BCUT2D eigenvalue weighted by atomic mass is 10.2. The summed E-state index contributed by atoms with van der Waals surface area (Å²) >= 11 is 5.76. The molecule has 3 nitrogen and oxygen atoms in total. The molecule has 0 aliphatic rings. The molecule has 0 aliphatic carbocycles. The molecule has 0 aromatic heterocycles. The molecule has 0 atom stereocenters. The van der Waals surface area contributed by atoms with Gasteiger partial charge in [-0.1, -0.05) is 23.4 Å². The topological polar surface area (TPSA) is 32.7 Å². The second kappa shape index (κ2) is 9.70. The molecule has 0 amide bonds. The molecule has 22 heavy (non-hydrogen) atoms. The van der Waals surface area contributed by atoms with Crippen LogP contribution in [0.4, 0.5) is 13.2 Å². The van der Waals surface area contributed by atoms with Gasteiger partial charge in [0.1, 0.15) is 6.61 Å². The molecule has 0 bridgehead atoms. The molecule has 0 heterocycles. The molecular formula is C15H17ClF3NO2. The van der Waals surface area contributed by atoms with E-state index in [1.165, 1.54) is 0 Å². The number of alkyl halides is 3. The van der Waals surface area contributed by atoms with E-state index in [0.717, 1.165) is 5.56 Å². The van der Waals surface area contributed by atoms with E-state index in [9.17, 15) is 13.2 Å². The van der Waals surface area contributed by atoms with Crippen LogP contribution >= 0.6 is 11.6 Å². The van der Waals surface area contributed by atoms with Crippen molar-refractivity contribution < 1.29 is 23.0 Å². The van der Waals surface area contributed by atoms with Gasteiger partial charge in [0.25, 0.3) is 0 Å². The highest BCUT2D eigenvalue weighted by molar-refractivity contribution is 6.30. The number of benzene rings is 1. The number of ether oxygens (including phenoxy) is 1. The first-order valence-corrected chi connectivity index (χ1v) is 7.00. The van der Waals surface area contributed by atoms with E-state index in [0.29, 0.717) is 18.1 Å². The maximum absolute atomic E-state index is 11.9. The maximum Gasteiger partial charge on any atom is 0.411 e. The minimum atomic E-state index is -4.32. The number of halogens is 4. The Hall–Kier alpha value is -1.26. The number of hydrogen-bond donors (Lipinski definition) is 1. The van der Waals surface area contributed by atoms with Gasteiger partial charge in [0.2, 0.25) is 0 Å². The summed E-state index contributed by atoms with van der Waals surface area (Å²) in [5, 5.41) is 9.56. The first-order chi connectivity index (χ1) is 10.4. The Bertz CT molecular complexity index is 494. The van der Waals surface area contributed by atoms with Crippen molar-refractivity contribution in [1.82, 2.24) is 4.90 Å². The number of nitrogens with zero attached hydrogens (tertiary/aromatic N) is 1. The molecule has 0 unspecified atom stereocenters. The number of aliphatic hydroxyl groups excluding tert-OH is 1. The van der Waals surface area contributed by atoms with E-state index >= 15 is 0 Å². The second-order valence-electron chi connectivity index (χ2n) is 4.48. The van der Waals surface area contributed by atoms with Crippen molar-refractivity contribution in [2.75, 3.05) is 39.5 Å². The lowest BCUT2D eigenvalue weighted by Crippen LogP contribution is -2.32. The molecule has 1 aromatic carbocycles. The van der Waals surface area contributed by atoms with Crippen molar-refractivity contribution in [2.24, 2.45) is 0 Å². The fraction of sp³-hybridized carbons (Fsp3) is 0.467. The first-order valence-electron chi connectivity index (χ1n) is 6.63. The van der Waals surface area contributed by atoms with Gasteiger partial charge in [0.05, 0.1) is 19.8 Å². The molecule has 1 rings (SSSR count). The van der Waals surface area contributed by atoms with Crippen LogP contribution < -0.4 is 0 Å². The van der Waals surface area contributed by atoms with E-state index in [1.807, 2.05) is 0 Å². The SMILES string of the molecule is OCCN(CC#Cc1ccc(Cl)cc1)CCOCC(F)(F)F. The quantitative estimate of drug-likeness (QED) is 0.614. The third-order valence-corrected chi connectivity index (χ3v) is 2.87. The summed E-state index contributed by atoms with van der Waals surface area (Å²) in [7, 11) is 0. The Labute approximate surface area is 132 Å². The molecule has 0 fully saturated rings. The zero-order valence-corrected chi connectivity index (χ0v) is 12.6. The van der Waals surface area contributed by atoms with Gasteiger partial charge in [0.15, 0.2) is 0 Å². The van der Waals surface area contributed by atoms with Crippen LogP contribution in [-0.2, 0) is 4.74 Å². The van der Waals surface area contributed by atoms with Crippen LogP contribution in [0.2, 0.25) is 5.02 Å². The van der Waals surface area contributed by atoms with Gasteiger partial charge in [-0.05, 0) is 24.3 Å². The highest BCUT2D eigenvalue weighted by Gasteiger charge is 2.27. The van der Waals surface area contributed by atoms with E-state index in [1.54, 1.807) is 29.2 Å². The predicted molar refractivity (Wildman–Crippen MR) is 78.7 cm³/mol. The molecule has 0 saturated carbocycles. The molecule has 0 aliphatic heterocycles. The van der Waals surface area contributed by atoms with E-state index in [2.05, 4.69) is 16.6 Å². The summed E-state index contributed by atoms with van der Waals surface area (Å²) in [4.78, 5) is 1.72. The minimum absolute atomic E-state index is 0.0673. The van der Waals surface area contributed by atoms with Gasteiger partial charge in [-0.25, -0.2) is 0 Å². The highest BCUT2D eigenvalue weighted by atomic mass is 35.5. The van der Waals surface area contributed by atoms with Crippen LogP contribution in [0.25, 0.3) is 0 Å². The molecule has 7 heteroatoms. The van der Waals surface area contributed by atoms with Crippen molar-refractivity contribution in [3.63, 3.8) is 0 Å². The molecule has 0 radical (unpaired) electrons.